The second-order valence-corrected chi connectivity index (χ2v) is 4.81. The van der Waals surface area contributed by atoms with Crippen molar-refractivity contribution < 1.29 is 14.7 Å². The Bertz CT molecular complexity index is 649. The highest BCUT2D eigenvalue weighted by atomic mass is 16.4. The molecule has 1 N–H and O–H groups in total. The van der Waals surface area contributed by atoms with Gasteiger partial charge in [-0.25, -0.2) is 4.68 Å². The molecule has 0 radical (unpaired) electrons. The van der Waals surface area contributed by atoms with Crippen molar-refractivity contribution in [2.45, 2.75) is 13.3 Å². The maximum absolute atomic E-state index is 12.3. The van der Waals surface area contributed by atoms with Gasteiger partial charge < -0.3 is 10.0 Å². The first-order chi connectivity index (χ1) is 9.99. The summed E-state index contributed by atoms with van der Waals surface area (Å²) in [6.45, 7) is 1.97. The molecular weight excluding hydrogens is 270 g/mol. The van der Waals surface area contributed by atoms with Crippen molar-refractivity contribution in [1.82, 2.24) is 14.7 Å². The Hall–Kier alpha value is -2.63. The highest BCUT2D eigenvalue weighted by molar-refractivity contribution is 5.93. The molecule has 0 saturated heterocycles. The molecule has 21 heavy (non-hydrogen) atoms. The van der Waals surface area contributed by atoms with Gasteiger partial charge in [-0.1, -0.05) is 18.2 Å². The van der Waals surface area contributed by atoms with Crippen molar-refractivity contribution in [1.29, 1.82) is 0 Å². The van der Waals surface area contributed by atoms with Gasteiger partial charge in [0.05, 0.1) is 12.1 Å². The number of aromatic nitrogens is 2. The molecule has 1 amide bonds. The number of para-hydroxylation sites is 1. The molecule has 0 bridgehead atoms. The highest BCUT2D eigenvalue weighted by Crippen LogP contribution is 2.13. The monoisotopic (exact) mass is 287 g/mol. The topological polar surface area (TPSA) is 75.4 Å². The predicted molar refractivity (Wildman–Crippen MR) is 77.5 cm³/mol. The van der Waals surface area contributed by atoms with Crippen molar-refractivity contribution in [3.05, 3.63) is 47.8 Å². The summed E-state index contributed by atoms with van der Waals surface area (Å²) in [5.41, 5.74) is 1.96. The lowest BCUT2D eigenvalue weighted by Crippen LogP contribution is -2.29. The fraction of sp³-hybridized carbons (Fsp3) is 0.267. The van der Waals surface area contributed by atoms with Crippen LogP contribution in [-0.2, 0) is 4.79 Å². The Morgan fingerprint density at radius 2 is 1.95 bits per heavy atom. The Morgan fingerprint density at radius 3 is 2.57 bits per heavy atom. The van der Waals surface area contributed by atoms with E-state index in [2.05, 4.69) is 5.10 Å². The van der Waals surface area contributed by atoms with E-state index in [9.17, 15) is 9.59 Å². The van der Waals surface area contributed by atoms with Crippen LogP contribution in [0.15, 0.2) is 36.5 Å². The van der Waals surface area contributed by atoms with E-state index in [-0.39, 0.29) is 18.9 Å². The molecule has 0 atom stereocenters. The number of hydrogen-bond acceptors (Lipinski definition) is 3. The molecule has 0 spiro atoms. The summed E-state index contributed by atoms with van der Waals surface area (Å²) in [6, 6.07) is 9.49. The van der Waals surface area contributed by atoms with Crippen LogP contribution in [0.3, 0.4) is 0 Å². The van der Waals surface area contributed by atoms with Crippen LogP contribution < -0.4 is 0 Å². The molecule has 6 heteroatoms. The van der Waals surface area contributed by atoms with Crippen LogP contribution in [0.2, 0.25) is 0 Å². The van der Waals surface area contributed by atoms with E-state index in [1.807, 2.05) is 37.3 Å². The third-order valence-electron chi connectivity index (χ3n) is 3.13. The molecule has 0 aliphatic rings. The Labute approximate surface area is 122 Å². The number of nitrogens with zero attached hydrogens (tertiary/aromatic N) is 3. The van der Waals surface area contributed by atoms with Crippen LogP contribution in [0.25, 0.3) is 5.69 Å². The third-order valence-corrected chi connectivity index (χ3v) is 3.13. The van der Waals surface area contributed by atoms with Crippen LogP contribution in [0.5, 0.6) is 0 Å². The number of aryl methyl sites for hydroxylation is 1. The molecule has 0 unspecified atom stereocenters. The average molecular weight is 287 g/mol. The SMILES string of the molecule is Cc1cn(-c2ccccc2)nc1C(=O)N(C)CCC(=O)O. The quantitative estimate of drug-likeness (QED) is 0.908. The summed E-state index contributed by atoms with van der Waals surface area (Å²) in [7, 11) is 1.58. The van der Waals surface area contributed by atoms with Gasteiger partial charge in [-0.2, -0.15) is 5.10 Å². The van der Waals surface area contributed by atoms with Crippen LogP contribution >= 0.6 is 0 Å². The fourth-order valence-electron chi connectivity index (χ4n) is 1.93. The van der Waals surface area contributed by atoms with Crippen LogP contribution in [0.4, 0.5) is 0 Å². The number of carboxylic acids is 1. The first-order valence-electron chi connectivity index (χ1n) is 6.58. The smallest absolute Gasteiger partial charge is 0.305 e. The molecule has 2 rings (SSSR count). The average Bonchev–Trinajstić information content (AvgIpc) is 2.86. The fourth-order valence-corrected chi connectivity index (χ4v) is 1.93. The maximum atomic E-state index is 12.3. The molecule has 1 aromatic heterocycles. The van der Waals surface area contributed by atoms with Crippen molar-refractivity contribution >= 4 is 11.9 Å². The lowest BCUT2D eigenvalue weighted by Gasteiger charge is -2.14. The number of hydrogen-bond donors (Lipinski definition) is 1. The molecule has 0 fully saturated rings. The molecular formula is C15H17N3O3. The van der Waals surface area contributed by atoms with Crippen molar-refractivity contribution in [2.75, 3.05) is 13.6 Å². The van der Waals surface area contributed by atoms with Gasteiger partial charge in [0.15, 0.2) is 5.69 Å². The molecule has 0 aliphatic heterocycles. The van der Waals surface area contributed by atoms with E-state index >= 15 is 0 Å². The second kappa shape index (κ2) is 6.21. The van der Waals surface area contributed by atoms with E-state index in [0.29, 0.717) is 5.69 Å². The van der Waals surface area contributed by atoms with E-state index < -0.39 is 5.97 Å². The van der Waals surface area contributed by atoms with Gasteiger partial charge in [-0.15, -0.1) is 0 Å². The normalized spacial score (nSPS) is 10.4. The van der Waals surface area contributed by atoms with Gasteiger partial charge in [0.25, 0.3) is 5.91 Å². The molecule has 110 valence electrons. The van der Waals surface area contributed by atoms with E-state index in [4.69, 9.17) is 5.11 Å². The van der Waals surface area contributed by atoms with Crippen LogP contribution in [0.1, 0.15) is 22.5 Å². The highest BCUT2D eigenvalue weighted by Gasteiger charge is 2.19. The number of carbonyl (C=O) groups is 2. The van der Waals surface area contributed by atoms with Crippen LogP contribution in [-0.4, -0.2) is 45.3 Å². The number of rotatable bonds is 5. The van der Waals surface area contributed by atoms with E-state index in [1.54, 1.807) is 17.9 Å². The minimum atomic E-state index is -0.929. The summed E-state index contributed by atoms with van der Waals surface area (Å²) in [4.78, 5) is 24.2. The van der Waals surface area contributed by atoms with Crippen molar-refractivity contribution in [2.24, 2.45) is 0 Å². The van der Waals surface area contributed by atoms with Gasteiger partial charge >= 0.3 is 5.97 Å². The molecule has 0 saturated carbocycles. The lowest BCUT2D eigenvalue weighted by molar-refractivity contribution is -0.137. The van der Waals surface area contributed by atoms with Gasteiger partial charge in [-0.3, -0.25) is 9.59 Å². The Balaban J connectivity index is 2.19. The van der Waals surface area contributed by atoms with E-state index in [0.717, 1.165) is 11.3 Å². The zero-order chi connectivity index (χ0) is 15.4. The molecule has 6 nitrogen and oxygen atoms in total. The summed E-state index contributed by atoms with van der Waals surface area (Å²) in [5.74, 6) is -1.20. The summed E-state index contributed by atoms with van der Waals surface area (Å²) in [5, 5.41) is 13.0. The first-order valence-corrected chi connectivity index (χ1v) is 6.58. The van der Waals surface area contributed by atoms with E-state index in [1.165, 1.54) is 4.90 Å². The zero-order valence-corrected chi connectivity index (χ0v) is 12.0. The van der Waals surface area contributed by atoms with Crippen LogP contribution in [0, 0.1) is 6.92 Å². The minimum absolute atomic E-state index is 0.0827. The van der Waals surface area contributed by atoms with Crippen molar-refractivity contribution in [3.8, 4) is 5.69 Å². The number of carboxylic acid groups (broad SMARTS) is 1. The number of benzene rings is 1. The van der Waals surface area contributed by atoms with Gasteiger partial charge in [0.2, 0.25) is 0 Å². The van der Waals surface area contributed by atoms with Gasteiger partial charge in [-0.05, 0) is 19.1 Å². The maximum Gasteiger partial charge on any atom is 0.305 e. The second-order valence-electron chi connectivity index (χ2n) is 4.81. The minimum Gasteiger partial charge on any atom is -0.481 e. The third kappa shape index (κ3) is 3.47. The van der Waals surface area contributed by atoms with Crippen molar-refractivity contribution in [3.63, 3.8) is 0 Å². The summed E-state index contributed by atoms with van der Waals surface area (Å²) in [6.07, 6.45) is 1.70. The standard InChI is InChI=1S/C15H17N3O3/c1-11-10-18(12-6-4-3-5-7-12)16-14(11)15(21)17(2)9-8-13(19)20/h3-7,10H,8-9H2,1-2H3,(H,19,20). The number of carbonyl (C=O) groups excluding carboxylic acids is 1. The first kappa shape index (κ1) is 14.8. The Morgan fingerprint density at radius 1 is 1.29 bits per heavy atom. The largest absolute Gasteiger partial charge is 0.481 e. The summed E-state index contributed by atoms with van der Waals surface area (Å²) < 4.78 is 1.65. The zero-order valence-electron chi connectivity index (χ0n) is 12.0. The lowest BCUT2D eigenvalue weighted by atomic mass is 10.2. The number of amides is 1. The molecule has 2 aromatic rings. The van der Waals surface area contributed by atoms with Gasteiger partial charge in [0, 0.05) is 25.4 Å². The molecule has 1 aromatic carbocycles. The molecule has 1 heterocycles. The Kier molecular flexibility index (Phi) is 4.37. The predicted octanol–water partition coefficient (Wildman–Crippen LogP) is 1.73. The van der Waals surface area contributed by atoms with Gasteiger partial charge in [0.1, 0.15) is 0 Å². The molecule has 0 aliphatic carbocycles. The number of aliphatic carboxylic acids is 1. The summed E-state index contributed by atoms with van der Waals surface area (Å²) >= 11 is 0.